The summed E-state index contributed by atoms with van der Waals surface area (Å²) >= 11 is 2.43. The lowest BCUT2D eigenvalue weighted by Gasteiger charge is -2.25. The molecule has 2 amide bonds. The molecule has 0 radical (unpaired) electrons. The summed E-state index contributed by atoms with van der Waals surface area (Å²) in [6.45, 7) is 0.923. The maximum atomic E-state index is 13.3. The van der Waals surface area contributed by atoms with Crippen LogP contribution in [0.25, 0.3) is 0 Å². The van der Waals surface area contributed by atoms with Crippen LogP contribution in [0.15, 0.2) is 38.8 Å². The van der Waals surface area contributed by atoms with Gasteiger partial charge < -0.3 is 10.2 Å². The van der Waals surface area contributed by atoms with Gasteiger partial charge in [0.2, 0.25) is 11.8 Å². The summed E-state index contributed by atoms with van der Waals surface area (Å²) < 4.78 is 41.4. The first-order valence-electron chi connectivity index (χ1n) is 9.43. The number of thioether (sulfide) groups is 1. The van der Waals surface area contributed by atoms with Crippen LogP contribution in [0.5, 0.6) is 0 Å². The van der Waals surface area contributed by atoms with Gasteiger partial charge in [0, 0.05) is 19.6 Å². The van der Waals surface area contributed by atoms with E-state index in [-0.39, 0.29) is 34.8 Å². The molecule has 1 aromatic carbocycles. The average Bonchev–Trinajstić information content (AvgIpc) is 3.39. The molecule has 0 bridgehead atoms. The van der Waals surface area contributed by atoms with Crippen LogP contribution in [-0.4, -0.2) is 49.9 Å². The van der Waals surface area contributed by atoms with Crippen LogP contribution in [0.1, 0.15) is 18.4 Å². The standard InChI is InChI=1S/C19H20FN3O4S3/c20-14-5-3-4-13(8-14)10-21-16(24)11-23-15-9-18(29-19(15)28-12-17(23)25)30(26,27)22-6-1-2-7-22/h3-5,8-9H,1-2,6-7,10-12H2,(H,21,24). The molecular weight excluding hydrogens is 449 g/mol. The molecule has 160 valence electrons. The maximum Gasteiger partial charge on any atom is 0.252 e. The van der Waals surface area contributed by atoms with Crippen LogP contribution in [0.4, 0.5) is 10.1 Å². The Kier molecular flexibility index (Phi) is 6.14. The number of sulfonamides is 1. The van der Waals surface area contributed by atoms with Crippen molar-refractivity contribution >= 4 is 50.6 Å². The number of nitrogens with zero attached hydrogens (tertiary/aromatic N) is 2. The quantitative estimate of drug-likeness (QED) is 0.702. The van der Waals surface area contributed by atoms with E-state index in [0.29, 0.717) is 28.5 Å². The van der Waals surface area contributed by atoms with E-state index in [1.54, 1.807) is 12.1 Å². The smallest absolute Gasteiger partial charge is 0.252 e. The van der Waals surface area contributed by atoms with Crippen LogP contribution in [0, 0.1) is 5.82 Å². The van der Waals surface area contributed by atoms with Crippen molar-refractivity contribution in [3.05, 3.63) is 41.7 Å². The first-order valence-corrected chi connectivity index (χ1v) is 12.7. The zero-order valence-corrected chi connectivity index (χ0v) is 18.4. The largest absolute Gasteiger partial charge is 0.350 e. The Morgan fingerprint density at radius 1 is 1.20 bits per heavy atom. The van der Waals surface area contributed by atoms with Crippen LogP contribution in [0.3, 0.4) is 0 Å². The Labute approximate surface area is 182 Å². The molecule has 2 aromatic rings. The molecule has 0 aliphatic carbocycles. The second-order valence-electron chi connectivity index (χ2n) is 7.02. The highest BCUT2D eigenvalue weighted by Crippen LogP contribution is 2.44. The third kappa shape index (κ3) is 4.39. The highest BCUT2D eigenvalue weighted by Gasteiger charge is 2.34. The first kappa shape index (κ1) is 21.3. The number of rotatable bonds is 6. The lowest BCUT2D eigenvalue weighted by Crippen LogP contribution is -2.42. The molecule has 0 unspecified atom stereocenters. The second-order valence-corrected chi connectivity index (χ2v) is 11.5. The Hall–Kier alpha value is -1.95. The topological polar surface area (TPSA) is 86.8 Å². The summed E-state index contributed by atoms with van der Waals surface area (Å²) in [5, 5.41) is 2.68. The summed E-state index contributed by atoms with van der Waals surface area (Å²) in [6.07, 6.45) is 1.68. The number of thiophene rings is 1. The van der Waals surface area contributed by atoms with Gasteiger partial charge in [0.25, 0.3) is 10.0 Å². The van der Waals surface area contributed by atoms with E-state index in [2.05, 4.69) is 5.32 Å². The van der Waals surface area contributed by atoms with E-state index in [1.807, 2.05) is 0 Å². The van der Waals surface area contributed by atoms with Gasteiger partial charge in [-0.3, -0.25) is 9.59 Å². The highest BCUT2D eigenvalue weighted by atomic mass is 32.3. The fourth-order valence-corrected chi connectivity index (χ4v) is 7.81. The molecule has 7 nitrogen and oxygen atoms in total. The number of amides is 2. The molecule has 1 fully saturated rings. The number of hydrogen-bond donors (Lipinski definition) is 1. The lowest BCUT2D eigenvalue weighted by atomic mass is 10.2. The molecule has 1 aromatic heterocycles. The summed E-state index contributed by atoms with van der Waals surface area (Å²) in [4.78, 5) is 26.2. The molecule has 2 aliphatic rings. The van der Waals surface area contributed by atoms with Crippen molar-refractivity contribution in [2.24, 2.45) is 0 Å². The van der Waals surface area contributed by atoms with E-state index >= 15 is 0 Å². The second kappa shape index (κ2) is 8.66. The molecule has 2 aliphatic heterocycles. The minimum atomic E-state index is -3.59. The van der Waals surface area contributed by atoms with Crippen molar-refractivity contribution in [2.75, 3.05) is 30.3 Å². The zero-order chi connectivity index (χ0) is 21.3. The van der Waals surface area contributed by atoms with Crippen molar-refractivity contribution in [2.45, 2.75) is 27.8 Å². The van der Waals surface area contributed by atoms with Crippen molar-refractivity contribution in [1.29, 1.82) is 0 Å². The van der Waals surface area contributed by atoms with Crippen molar-refractivity contribution in [3.63, 3.8) is 0 Å². The van der Waals surface area contributed by atoms with Gasteiger partial charge in [0.05, 0.1) is 15.6 Å². The number of carbonyl (C=O) groups excluding carboxylic acids is 2. The van der Waals surface area contributed by atoms with Crippen LogP contribution in [0.2, 0.25) is 0 Å². The number of hydrogen-bond acceptors (Lipinski definition) is 6. The molecule has 1 N–H and O–H groups in total. The zero-order valence-electron chi connectivity index (χ0n) is 16.0. The van der Waals surface area contributed by atoms with E-state index in [0.717, 1.165) is 24.2 Å². The number of benzene rings is 1. The SMILES string of the molecule is O=C(CN1C(=O)CSc2sc(S(=O)(=O)N3CCCC3)cc21)NCc1cccc(F)c1. The highest BCUT2D eigenvalue weighted by molar-refractivity contribution is 8.02. The number of halogens is 1. The van der Waals surface area contributed by atoms with Gasteiger partial charge >= 0.3 is 0 Å². The minimum Gasteiger partial charge on any atom is -0.350 e. The van der Waals surface area contributed by atoms with E-state index in [1.165, 1.54) is 39.2 Å². The number of fused-ring (bicyclic) bond motifs is 1. The summed E-state index contributed by atoms with van der Waals surface area (Å²) in [5.41, 5.74) is 1.07. The van der Waals surface area contributed by atoms with Gasteiger partial charge in [-0.25, -0.2) is 12.8 Å². The Morgan fingerprint density at radius 3 is 2.70 bits per heavy atom. The third-order valence-electron chi connectivity index (χ3n) is 4.92. The Balaban J connectivity index is 1.49. The minimum absolute atomic E-state index is 0.137. The number of carbonyl (C=O) groups is 2. The summed E-state index contributed by atoms with van der Waals surface area (Å²) in [6, 6.07) is 7.40. The van der Waals surface area contributed by atoms with Crippen LogP contribution >= 0.6 is 23.1 Å². The van der Waals surface area contributed by atoms with Crippen molar-refractivity contribution in [3.8, 4) is 0 Å². The van der Waals surface area contributed by atoms with E-state index in [9.17, 15) is 22.4 Å². The molecule has 0 saturated carbocycles. The fraction of sp³-hybridized carbons (Fsp3) is 0.368. The monoisotopic (exact) mass is 469 g/mol. The molecule has 0 spiro atoms. The molecule has 1 saturated heterocycles. The van der Waals surface area contributed by atoms with Crippen molar-refractivity contribution in [1.82, 2.24) is 9.62 Å². The van der Waals surface area contributed by atoms with Gasteiger partial charge in [-0.05, 0) is 36.6 Å². The molecular formula is C19H20FN3O4S3. The normalized spacial score (nSPS) is 17.2. The van der Waals surface area contributed by atoms with E-state index in [4.69, 9.17) is 0 Å². The summed E-state index contributed by atoms with van der Waals surface area (Å²) in [5.74, 6) is -0.898. The molecule has 3 heterocycles. The first-order chi connectivity index (χ1) is 14.3. The van der Waals surface area contributed by atoms with Gasteiger partial charge in [0.1, 0.15) is 16.6 Å². The lowest BCUT2D eigenvalue weighted by molar-refractivity contribution is -0.123. The number of nitrogens with one attached hydrogen (secondary N) is 1. The van der Waals surface area contributed by atoms with Gasteiger partial charge in [-0.15, -0.1) is 23.1 Å². The van der Waals surface area contributed by atoms with Crippen molar-refractivity contribution < 1.29 is 22.4 Å². The Morgan fingerprint density at radius 2 is 1.97 bits per heavy atom. The van der Waals surface area contributed by atoms with Crippen LogP contribution in [-0.2, 0) is 26.2 Å². The Bertz CT molecular complexity index is 1080. The molecule has 0 atom stereocenters. The van der Waals surface area contributed by atoms with E-state index < -0.39 is 15.9 Å². The molecule has 11 heteroatoms. The average molecular weight is 470 g/mol. The molecule has 4 rings (SSSR count). The van der Waals surface area contributed by atoms with Gasteiger partial charge in [0.15, 0.2) is 0 Å². The molecule has 30 heavy (non-hydrogen) atoms. The van der Waals surface area contributed by atoms with Gasteiger partial charge in [-0.1, -0.05) is 12.1 Å². The predicted octanol–water partition coefficient (Wildman–Crippen LogP) is 2.43. The fourth-order valence-electron chi connectivity index (χ4n) is 3.38. The van der Waals surface area contributed by atoms with Crippen LogP contribution < -0.4 is 10.2 Å². The third-order valence-corrected chi connectivity index (χ3v) is 9.65. The maximum absolute atomic E-state index is 13.3. The summed E-state index contributed by atoms with van der Waals surface area (Å²) in [7, 11) is -3.59. The van der Waals surface area contributed by atoms with Gasteiger partial charge in [-0.2, -0.15) is 4.31 Å². The predicted molar refractivity (Wildman–Crippen MR) is 114 cm³/mol. The number of anilines is 1.